The standard InChI is InChI=1S/C12H22N2O2/c1-4-12(5-2,6-3)14-8-7-10(15)13-9-11(14)16/h4-9H2,1-3H3,(H,13,15). The molecule has 2 amide bonds. The third kappa shape index (κ3) is 2.36. The van der Waals surface area contributed by atoms with E-state index in [0.717, 1.165) is 19.3 Å². The third-order valence-corrected chi connectivity index (χ3v) is 3.85. The van der Waals surface area contributed by atoms with Crippen molar-refractivity contribution in [2.24, 2.45) is 0 Å². The van der Waals surface area contributed by atoms with Crippen molar-refractivity contribution >= 4 is 11.8 Å². The van der Waals surface area contributed by atoms with Crippen LogP contribution in [0.4, 0.5) is 0 Å². The fraction of sp³-hybridized carbons (Fsp3) is 0.833. The van der Waals surface area contributed by atoms with Gasteiger partial charge in [-0.3, -0.25) is 9.59 Å². The van der Waals surface area contributed by atoms with Gasteiger partial charge in [0, 0.05) is 18.5 Å². The molecule has 0 saturated carbocycles. The Morgan fingerprint density at radius 3 is 2.25 bits per heavy atom. The number of hydrogen-bond donors (Lipinski definition) is 1. The topological polar surface area (TPSA) is 49.4 Å². The molecule has 1 rings (SSSR count). The lowest BCUT2D eigenvalue weighted by Gasteiger charge is -2.42. The van der Waals surface area contributed by atoms with Gasteiger partial charge < -0.3 is 10.2 Å². The van der Waals surface area contributed by atoms with Gasteiger partial charge in [0.25, 0.3) is 0 Å². The van der Waals surface area contributed by atoms with Crippen molar-refractivity contribution in [3.8, 4) is 0 Å². The van der Waals surface area contributed by atoms with Crippen LogP contribution in [-0.2, 0) is 9.59 Å². The first-order valence-corrected chi connectivity index (χ1v) is 6.16. The molecule has 0 aromatic heterocycles. The van der Waals surface area contributed by atoms with Crippen LogP contribution in [0.15, 0.2) is 0 Å². The smallest absolute Gasteiger partial charge is 0.242 e. The summed E-state index contributed by atoms with van der Waals surface area (Å²) in [6, 6.07) is 0. The molecular weight excluding hydrogens is 204 g/mol. The maximum Gasteiger partial charge on any atom is 0.242 e. The van der Waals surface area contributed by atoms with Gasteiger partial charge in [-0.15, -0.1) is 0 Å². The highest BCUT2D eigenvalue weighted by Gasteiger charge is 2.36. The zero-order valence-electron chi connectivity index (χ0n) is 10.5. The van der Waals surface area contributed by atoms with E-state index in [1.165, 1.54) is 0 Å². The third-order valence-electron chi connectivity index (χ3n) is 3.85. The van der Waals surface area contributed by atoms with E-state index < -0.39 is 0 Å². The van der Waals surface area contributed by atoms with Crippen LogP contribution in [0.25, 0.3) is 0 Å². The maximum atomic E-state index is 12.0. The second kappa shape index (κ2) is 5.32. The van der Waals surface area contributed by atoms with Gasteiger partial charge in [-0.05, 0) is 19.3 Å². The molecule has 1 N–H and O–H groups in total. The quantitative estimate of drug-likeness (QED) is 0.785. The van der Waals surface area contributed by atoms with Crippen LogP contribution in [0.5, 0.6) is 0 Å². The van der Waals surface area contributed by atoms with Crippen molar-refractivity contribution in [3.63, 3.8) is 0 Å². The molecule has 4 heteroatoms. The van der Waals surface area contributed by atoms with Crippen molar-refractivity contribution < 1.29 is 9.59 Å². The summed E-state index contributed by atoms with van der Waals surface area (Å²) in [5.41, 5.74) is -0.0661. The van der Waals surface area contributed by atoms with E-state index in [1.807, 2.05) is 4.90 Å². The molecule has 0 unspecified atom stereocenters. The zero-order chi connectivity index (χ0) is 12.2. The number of amides is 2. The summed E-state index contributed by atoms with van der Waals surface area (Å²) in [6.07, 6.45) is 3.26. The maximum absolute atomic E-state index is 12.0. The Kier molecular flexibility index (Phi) is 4.33. The minimum absolute atomic E-state index is 0.0203. The molecular formula is C12H22N2O2. The number of carbonyl (C=O) groups is 2. The normalized spacial score (nSPS) is 18.3. The van der Waals surface area contributed by atoms with Crippen LogP contribution in [-0.4, -0.2) is 35.3 Å². The fourth-order valence-electron chi connectivity index (χ4n) is 2.52. The lowest BCUT2D eigenvalue weighted by Crippen LogP contribution is -2.52. The first kappa shape index (κ1) is 13.0. The second-order valence-corrected chi connectivity index (χ2v) is 4.36. The summed E-state index contributed by atoms with van der Waals surface area (Å²) in [5.74, 6) is 0.0319. The van der Waals surface area contributed by atoms with Gasteiger partial charge in [-0.25, -0.2) is 0 Å². The van der Waals surface area contributed by atoms with E-state index in [1.54, 1.807) is 0 Å². The summed E-state index contributed by atoms with van der Waals surface area (Å²) in [5, 5.41) is 2.64. The van der Waals surface area contributed by atoms with Crippen molar-refractivity contribution in [1.29, 1.82) is 0 Å². The molecule has 0 bridgehead atoms. The number of carbonyl (C=O) groups excluding carboxylic acids is 2. The Hall–Kier alpha value is -1.06. The summed E-state index contributed by atoms with van der Waals surface area (Å²) in [4.78, 5) is 25.2. The van der Waals surface area contributed by atoms with Gasteiger partial charge in [0.15, 0.2) is 0 Å². The van der Waals surface area contributed by atoms with Gasteiger partial charge in [0.05, 0.1) is 6.54 Å². The van der Waals surface area contributed by atoms with Gasteiger partial charge in [0.1, 0.15) is 0 Å². The van der Waals surface area contributed by atoms with Crippen LogP contribution >= 0.6 is 0 Å². The number of nitrogens with one attached hydrogen (secondary N) is 1. The number of nitrogens with zero attached hydrogens (tertiary/aromatic N) is 1. The van der Waals surface area contributed by atoms with E-state index in [2.05, 4.69) is 26.1 Å². The largest absolute Gasteiger partial charge is 0.347 e. The molecule has 1 aliphatic rings. The summed E-state index contributed by atoms with van der Waals surface area (Å²) < 4.78 is 0. The molecule has 0 spiro atoms. The van der Waals surface area contributed by atoms with Crippen molar-refractivity contribution in [3.05, 3.63) is 0 Å². The number of hydrogen-bond acceptors (Lipinski definition) is 2. The first-order chi connectivity index (χ1) is 7.59. The molecule has 1 fully saturated rings. The van der Waals surface area contributed by atoms with Crippen LogP contribution in [0.2, 0.25) is 0 Å². The summed E-state index contributed by atoms with van der Waals surface area (Å²) >= 11 is 0. The average molecular weight is 226 g/mol. The van der Waals surface area contributed by atoms with Crippen molar-refractivity contribution in [2.45, 2.75) is 52.0 Å². The molecule has 0 aromatic carbocycles. The Labute approximate surface area is 97.4 Å². The molecule has 0 aromatic rings. The Balaban J connectivity index is 2.90. The highest BCUT2D eigenvalue weighted by Crippen LogP contribution is 2.28. The van der Waals surface area contributed by atoms with Crippen LogP contribution in [0.3, 0.4) is 0 Å². The lowest BCUT2D eigenvalue weighted by atomic mass is 9.87. The van der Waals surface area contributed by atoms with Crippen molar-refractivity contribution in [1.82, 2.24) is 10.2 Å². The van der Waals surface area contributed by atoms with Gasteiger partial charge in [-0.1, -0.05) is 20.8 Å². The highest BCUT2D eigenvalue weighted by molar-refractivity contribution is 5.87. The summed E-state index contributed by atoms with van der Waals surface area (Å²) in [6.45, 7) is 7.04. The van der Waals surface area contributed by atoms with Crippen LogP contribution in [0.1, 0.15) is 46.5 Å². The molecule has 1 saturated heterocycles. The molecule has 16 heavy (non-hydrogen) atoms. The first-order valence-electron chi connectivity index (χ1n) is 6.16. The minimum Gasteiger partial charge on any atom is -0.347 e. The Morgan fingerprint density at radius 2 is 1.75 bits per heavy atom. The SMILES string of the molecule is CCC(CC)(CC)N1CCC(=O)NCC1=O. The molecule has 0 aliphatic carbocycles. The van der Waals surface area contributed by atoms with Crippen molar-refractivity contribution in [2.75, 3.05) is 13.1 Å². The Bertz CT molecular complexity index is 264. The van der Waals surface area contributed by atoms with Gasteiger partial charge in [-0.2, -0.15) is 0 Å². The minimum atomic E-state index is -0.0661. The zero-order valence-corrected chi connectivity index (χ0v) is 10.5. The fourth-order valence-corrected chi connectivity index (χ4v) is 2.52. The Morgan fingerprint density at radius 1 is 1.19 bits per heavy atom. The monoisotopic (exact) mass is 226 g/mol. The van der Waals surface area contributed by atoms with E-state index in [-0.39, 0.29) is 23.9 Å². The highest BCUT2D eigenvalue weighted by atomic mass is 16.2. The second-order valence-electron chi connectivity index (χ2n) is 4.36. The van der Waals surface area contributed by atoms with Crippen LogP contribution < -0.4 is 5.32 Å². The van der Waals surface area contributed by atoms with Crippen LogP contribution in [0, 0.1) is 0 Å². The molecule has 4 nitrogen and oxygen atoms in total. The molecule has 1 aliphatic heterocycles. The lowest BCUT2D eigenvalue weighted by molar-refractivity contribution is -0.136. The molecule has 0 radical (unpaired) electrons. The van der Waals surface area contributed by atoms with E-state index in [4.69, 9.17) is 0 Å². The predicted octanol–water partition coefficient (Wildman–Crippen LogP) is 1.30. The summed E-state index contributed by atoms with van der Waals surface area (Å²) in [7, 11) is 0. The van der Waals surface area contributed by atoms with E-state index in [9.17, 15) is 9.59 Å². The number of rotatable bonds is 4. The van der Waals surface area contributed by atoms with Gasteiger partial charge in [0.2, 0.25) is 11.8 Å². The van der Waals surface area contributed by atoms with E-state index >= 15 is 0 Å². The molecule has 0 atom stereocenters. The van der Waals surface area contributed by atoms with E-state index in [0.29, 0.717) is 13.0 Å². The van der Waals surface area contributed by atoms with Gasteiger partial charge >= 0.3 is 0 Å². The molecule has 1 heterocycles. The predicted molar refractivity (Wildman–Crippen MR) is 62.9 cm³/mol. The molecule has 92 valence electrons. The average Bonchev–Trinajstić information content (AvgIpc) is 2.47.